The Morgan fingerprint density at radius 2 is 2.06 bits per heavy atom. The van der Waals surface area contributed by atoms with Crippen LogP contribution in [0.1, 0.15) is 23.7 Å². The summed E-state index contributed by atoms with van der Waals surface area (Å²) in [5.74, 6) is -1.45. The fourth-order valence-electron chi connectivity index (χ4n) is 1.42. The van der Waals surface area contributed by atoms with Crippen molar-refractivity contribution in [2.45, 2.75) is 18.9 Å². The summed E-state index contributed by atoms with van der Waals surface area (Å²) < 4.78 is 13.5. The molecule has 18 heavy (non-hydrogen) atoms. The number of hydrogen-bond donors (Lipinski definition) is 3. The van der Waals surface area contributed by atoms with Crippen LogP contribution in [0.4, 0.5) is 4.39 Å². The number of halogens is 2. The molecule has 0 aromatic heterocycles. The Bertz CT molecular complexity index is 427. The predicted octanol–water partition coefficient (Wildman–Crippen LogP) is 1.34. The highest BCUT2D eigenvalue weighted by Gasteiger charge is 2.29. The quantitative estimate of drug-likeness (QED) is 0.760. The van der Waals surface area contributed by atoms with E-state index in [1.807, 2.05) is 0 Å². The summed E-state index contributed by atoms with van der Waals surface area (Å²) in [6.45, 7) is 0.840. The van der Waals surface area contributed by atoms with Gasteiger partial charge in [0.15, 0.2) is 0 Å². The molecule has 0 aliphatic heterocycles. The molecule has 100 valence electrons. The van der Waals surface area contributed by atoms with Gasteiger partial charge in [0.2, 0.25) is 0 Å². The van der Waals surface area contributed by atoms with Gasteiger partial charge in [0.25, 0.3) is 5.91 Å². The maximum Gasteiger partial charge on any atom is 0.254 e. The van der Waals surface area contributed by atoms with Gasteiger partial charge in [0.05, 0.1) is 24.3 Å². The fourth-order valence-corrected chi connectivity index (χ4v) is 1.58. The van der Waals surface area contributed by atoms with Crippen molar-refractivity contribution in [2.75, 3.05) is 13.2 Å². The molecule has 0 radical (unpaired) electrons. The van der Waals surface area contributed by atoms with Gasteiger partial charge in [-0.05, 0) is 24.6 Å². The van der Waals surface area contributed by atoms with Crippen LogP contribution in [0, 0.1) is 5.82 Å². The van der Waals surface area contributed by atoms with Gasteiger partial charge in [0, 0.05) is 5.02 Å². The summed E-state index contributed by atoms with van der Waals surface area (Å²) in [5.41, 5.74) is -1.33. The van der Waals surface area contributed by atoms with E-state index in [2.05, 4.69) is 5.32 Å². The number of rotatable bonds is 5. The average molecular weight is 276 g/mol. The molecule has 0 saturated heterocycles. The van der Waals surface area contributed by atoms with Crippen LogP contribution in [0.2, 0.25) is 5.02 Å². The first kappa shape index (κ1) is 14.9. The topological polar surface area (TPSA) is 69.6 Å². The minimum atomic E-state index is -1.15. The number of nitrogens with one attached hydrogen (secondary N) is 1. The van der Waals surface area contributed by atoms with Crippen molar-refractivity contribution < 1.29 is 19.4 Å². The highest BCUT2D eigenvalue weighted by molar-refractivity contribution is 6.30. The Labute approximate surface area is 109 Å². The van der Waals surface area contributed by atoms with Gasteiger partial charge in [-0.25, -0.2) is 4.39 Å². The van der Waals surface area contributed by atoms with Crippen LogP contribution in [0.5, 0.6) is 0 Å². The Hall–Kier alpha value is -1.17. The second kappa shape index (κ2) is 6.13. The van der Waals surface area contributed by atoms with Crippen LogP contribution in [0.3, 0.4) is 0 Å². The largest absolute Gasteiger partial charge is 0.394 e. The molecule has 0 spiro atoms. The van der Waals surface area contributed by atoms with E-state index < -0.39 is 30.5 Å². The molecule has 1 aromatic rings. The molecule has 0 bridgehead atoms. The lowest BCUT2D eigenvalue weighted by atomic mass is 9.97. The van der Waals surface area contributed by atoms with Crippen molar-refractivity contribution in [3.63, 3.8) is 0 Å². The van der Waals surface area contributed by atoms with E-state index in [9.17, 15) is 19.4 Å². The molecule has 0 unspecified atom stereocenters. The van der Waals surface area contributed by atoms with Crippen LogP contribution >= 0.6 is 11.6 Å². The molecule has 0 aliphatic carbocycles. The Morgan fingerprint density at radius 1 is 1.44 bits per heavy atom. The third kappa shape index (κ3) is 3.19. The lowest BCUT2D eigenvalue weighted by molar-refractivity contribution is 0.0650. The Morgan fingerprint density at radius 3 is 2.50 bits per heavy atom. The van der Waals surface area contributed by atoms with Crippen LogP contribution in [-0.4, -0.2) is 34.9 Å². The van der Waals surface area contributed by atoms with Crippen molar-refractivity contribution in [1.82, 2.24) is 5.32 Å². The molecule has 1 rings (SSSR count). The van der Waals surface area contributed by atoms with Gasteiger partial charge in [0.1, 0.15) is 5.82 Å². The second-order valence-corrected chi connectivity index (χ2v) is 4.46. The third-order valence-electron chi connectivity index (χ3n) is 2.84. The van der Waals surface area contributed by atoms with Gasteiger partial charge in [-0.2, -0.15) is 0 Å². The maximum absolute atomic E-state index is 13.5. The summed E-state index contributed by atoms with van der Waals surface area (Å²) in [6.07, 6.45) is 0.320. The molecule has 4 nitrogen and oxygen atoms in total. The standard InChI is InChI=1S/C12H15ClFNO3/c1-2-12(6-16,7-17)15-11(18)9-4-3-8(13)5-10(9)14/h3-5,16-17H,2,6-7H2,1H3,(H,15,18). The van der Waals surface area contributed by atoms with E-state index in [4.69, 9.17) is 11.6 Å². The highest BCUT2D eigenvalue weighted by Crippen LogP contribution is 2.16. The van der Waals surface area contributed by atoms with Crippen LogP contribution in [0.15, 0.2) is 18.2 Å². The van der Waals surface area contributed by atoms with Crippen molar-refractivity contribution in [2.24, 2.45) is 0 Å². The monoisotopic (exact) mass is 275 g/mol. The number of aliphatic hydroxyl groups excluding tert-OH is 2. The smallest absolute Gasteiger partial charge is 0.254 e. The third-order valence-corrected chi connectivity index (χ3v) is 3.07. The maximum atomic E-state index is 13.5. The summed E-state index contributed by atoms with van der Waals surface area (Å²) >= 11 is 5.58. The zero-order valence-electron chi connectivity index (χ0n) is 9.91. The second-order valence-electron chi connectivity index (χ2n) is 4.03. The molecule has 0 heterocycles. The van der Waals surface area contributed by atoms with Gasteiger partial charge in [-0.3, -0.25) is 4.79 Å². The first-order chi connectivity index (χ1) is 8.48. The van der Waals surface area contributed by atoms with Gasteiger partial charge >= 0.3 is 0 Å². The van der Waals surface area contributed by atoms with Crippen LogP contribution in [0.25, 0.3) is 0 Å². The van der Waals surface area contributed by atoms with Gasteiger partial charge in [-0.15, -0.1) is 0 Å². The van der Waals surface area contributed by atoms with E-state index in [1.54, 1.807) is 6.92 Å². The molecule has 6 heteroatoms. The van der Waals surface area contributed by atoms with Gasteiger partial charge in [-0.1, -0.05) is 18.5 Å². The van der Waals surface area contributed by atoms with Crippen molar-refractivity contribution in [3.05, 3.63) is 34.6 Å². The molecular weight excluding hydrogens is 261 g/mol. The molecule has 1 amide bonds. The van der Waals surface area contributed by atoms with Crippen molar-refractivity contribution in [1.29, 1.82) is 0 Å². The molecule has 0 aliphatic rings. The zero-order valence-corrected chi connectivity index (χ0v) is 10.7. The van der Waals surface area contributed by atoms with Crippen LogP contribution in [-0.2, 0) is 0 Å². The molecule has 1 aromatic carbocycles. The zero-order chi connectivity index (χ0) is 13.8. The number of carbonyl (C=O) groups excluding carboxylic acids is 1. The highest BCUT2D eigenvalue weighted by atomic mass is 35.5. The summed E-state index contributed by atoms with van der Waals surface area (Å²) in [6, 6.07) is 3.68. The van der Waals surface area contributed by atoms with Crippen molar-refractivity contribution in [3.8, 4) is 0 Å². The number of carbonyl (C=O) groups is 1. The number of aliphatic hydroxyl groups is 2. The number of amides is 1. The van der Waals surface area contributed by atoms with E-state index in [0.29, 0.717) is 6.42 Å². The molecule has 0 saturated carbocycles. The van der Waals surface area contributed by atoms with E-state index in [1.165, 1.54) is 12.1 Å². The summed E-state index contributed by atoms with van der Waals surface area (Å²) in [4.78, 5) is 11.9. The van der Waals surface area contributed by atoms with E-state index in [0.717, 1.165) is 6.07 Å². The van der Waals surface area contributed by atoms with E-state index in [-0.39, 0.29) is 10.6 Å². The fraction of sp³-hybridized carbons (Fsp3) is 0.417. The summed E-state index contributed by atoms with van der Waals surface area (Å²) in [7, 11) is 0. The predicted molar refractivity (Wildman–Crippen MR) is 66.1 cm³/mol. The lowest BCUT2D eigenvalue weighted by Gasteiger charge is -2.29. The lowest BCUT2D eigenvalue weighted by Crippen LogP contribution is -2.53. The SMILES string of the molecule is CCC(CO)(CO)NC(=O)c1ccc(Cl)cc1F. The van der Waals surface area contributed by atoms with Crippen molar-refractivity contribution >= 4 is 17.5 Å². The normalized spacial score (nSPS) is 11.4. The molecule has 3 N–H and O–H groups in total. The Balaban J connectivity index is 2.94. The molecule has 0 fully saturated rings. The first-order valence-electron chi connectivity index (χ1n) is 5.47. The van der Waals surface area contributed by atoms with E-state index >= 15 is 0 Å². The van der Waals surface area contributed by atoms with Gasteiger partial charge < -0.3 is 15.5 Å². The Kier molecular flexibility index (Phi) is 5.07. The minimum Gasteiger partial charge on any atom is -0.394 e. The number of hydrogen-bond acceptors (Lipinski definition) is 3. The minimum absolute atomic E-state index is 0.181. The summed E-state index contributed by atoms with van der Waals surface area (Å²) in [5, 5.41) is 21.0. The molecule has 0 atom stereocenters. The van der Waals surface area contributed by atoms with Crippen LogP contribution < -0.4 is 5.32 Å². The molecular formula is C12H15ClFNO3. The number of benzene rings is 1. The average Bonchev–Trinajstić information content (AvgIpc) is 2.36. The first-order valence-corrected chi connectivity index (χ1v) is 5.85.